The SMILES string of the molecule is O=C(Cc1ccccc1)N[C@@H]1C(=O)N2C(C(=O)O)=C(Sc3cccc4c3oc3ccccc34)CS[C@H]12. The van der Waals surface area contributed by atoms with Crippen molar-refractivity contribution < 1.29 is 23.9 Å². The summed E-state index contributed by atoms with van der Waals surface area (Å²) in [5.41, 5.74) is 2.27. The second-order valence-corrected chi connectivity index (χ2v) is 10.8. The summed E-state index contributed by atoms with van der Waals surface area (Å²) in [6.45, 7) is 0. The van der Waals surface area contributed by atoms with Gasteiger partial charge in [-0.05, 0) is 17.7 Å². The minimum absolute atomic E-state index is 0.0320. The number of β-lactam (4-membered cyclic amide) rings is 1. The fraction of sp³-hybridized carbons (Fsp3) is 0.148. The molecule has 180 valence electrons. The number of carboxylic acid groups (broad SMARTS) is 1. The van der Waals surface area contributed by atoms with E-state index in [1.54, 1.807) is 0 Å². The molecule has 1 aromatic heterocycles. The number of fused-ring (bicyclic) bond motifs is 4. The summed E-state index contributed by atoms with van der Waals surface area (Å²) in [7, 11) is 0. The first-order valence-electron chi connectivity index (χ1n) is 11.3. The summed E-state index contributed by atoms with van der Waals surface area (Å²) in [5, 5.41) is 14.3. The monoisotopic (exact) mass is 516 g/mol. The molecule has 0 saturated carbocycles. The number of furan rings is 1. The molecule has 0 radical (unpaired) electrons. The second-order valence-electron chi connectivity index (χ2n) is 8.53. The maximum absolute atomic E-state index is 13.0. The molecule has 7 nitrogen and oxygen atoms in total. The van der Waals surface area contributed by atoms with Gasteiger partial charge in [-0.3, -0.25) is 14.5 Å². The van der Waals surface area contributed by atoms with E-state index in [9.17, 15) is 19.5 Å². The van der Waals surface area contributed by atoms with E-state index in [0.717, 1.165) is 26.8 Å². The first kappa shape index (κ1) is 22.8. The predicted molar refractivity (Wildman–Crippen MR) is 139 cm³/mol. The zero-order valence-electron chi connectivity index (χ0n) is 18.8. The standard InChI is InChI=1S/C27H20N2O5S2/c30-21(13-15-7-2-1-3-8-15)28-22-25(31)29-23(27(32)33)20(14-35-26(22)29)36-19-12-6-10-17-16-9-4-5-11-18(16)34-24(17)19/h1-12,22,26H,13-14H2,(H,28,30)(H,32,33)/t22-,26-/m1/s1. The smallest absolute Gasteiger partial charge is 0.353 e. The lowest BCUT2D eigenvalue weighted by Crippen LogP contribution is -2.70. The fourth-order valence-corrected chi connectivity index (χ4v) is 7.18. The summed E-state index contributed by atoms with van der Waals surface area (Å²) in [4.78, 5) is 40.5. The maximum atomic E-state index is 13.0. The molecule has 2 amide bonds. The van der Waals surface area contributed by atoms with E-state index >= 15 is 0 Å². The highest BCUT2D eigenvalue weighted by Crippen LogP contribution is 2.47. The van der Waals surface area contributed by atoms with Crippen molar-refractivity contribution in [1.29, 1.82) is 0 Å². The average Bonchev–Trinajstić information content (AvgIpc) is 3.27. The van der Waals surface area contributed by atoms with Crippen LogP contribution in [0.3, 0.4) is 0 Å². The lowest BCUT2D eigenvalue weighted by molar-refractivity contribution is -0.150. The van der Waals surface area contributed by atoms with E-state index in [4.69, 9.17) is 4.42 Å². The largest absolute Gasteiger partial charge is 0.477 e. The number of benzene rings is 3. The van der Waals surface area contributed by atoms with Gasteiger partial charge in [-0.15, -0.1) is 11.8 Å². The molecular formula is C27H20N2O5S2. The zero-order chi connectivity index (χ0) is 24.8. The van der Waals surface area contributed by atoms with Gasteiger partial charge in [0.15, 0.2) is 0 Å². The Morgan fingerprint density at radius 2 is 1.78 bits per heavy atom. The van der Waals surface area contributed by atoms with Gasteiger partial charge >= 0.3 is 5.97 Å². The molecule has 0 spiro atoms. The Hall–Kier alpha value is -3.69. The summed E-state index contributed by atoms with van der Waals surface area (Å²) in [6, 6.07) is 22.1. The summed E-state index contributed by atoms with van der Waals surface area (Å²) in [5.74, 6) is -1.44. The highest BCUT2D eigenvalue weighted by molar-refractivity contribution is 8.06. The minimum atomic E-state index is -1.16. The van der Waals surface area contributed by atoms with Crippen molar-refractivity contribution >= 4 is 63.2 Å². The van der Waals surface area contributed by atoms with Crippen LogP contribution in [0, 0.1) is 0 Å². The molecule has 0 aliphatic carbocycles. The van der Waals surface area contributed by atoms with Gasteiger partial charge in [0.05, 0.1) is 11.3 Å². The summed E-state index contributed by atoms with van der Waals surface area (Å²) in [6.07, 6.45) is 0.159. The van der Waals surface area contributed by atoms with Crippen LogP contribution >= 0.6 is 23.5 Å². The number of hydrogen-bond donors (Lipinski definition) is 2. The van der Waals surface area contributed by atoms with Gasteiger partial charge < -0.3 is 14.8 Å². The Kier molecular flexibility index (Phi) is 5.73. The van der Waals surface area contributed by atoms with Crippen LogP contribution in [0.4, 0.5) is 0 Å². The molecule has 2 atom stereocenters. The van der Waals surface area contributed by atoms with E-state index in [0.29, 0.717) is 16.2 Å². The van der Waals surface area contributed by atoms with Crippen LogP contribution in [0.15, 0.2) is 92.7 Å². The quantitative estimate of drug-likeness (QED) is 0.361. The van der Waals surface area contributed by atoms with E-state index in [-0.39, 0.29) is 18.0 Å². The topological polar surface area (TPSA) is 99.9 Å². The first-order valence-corrected chi connectivity index (χ1v) is 13.2. The molecule has 2 aliphatic heterocycles. The first-order chi connectivity index (χ1) is 17.5. The molecule has 4 aromatic rings. The number of carbonyl (C=O) groups is 3. The Bertz CT molecular complexity index is 1560. The molecular weight excluding hydrogens is 496 g/mol. The van der Waals surface area contributed by atoms with Crippen LogP contribution in [-0.4, -0.2) is 45.0 Å². The van der Waals surface area contributed by atoms with Crippen molar-refractivity contribution in [3.8, 4) is 0 Å². The van der Waals surface area contributed by atoms with E-state index in [2.05, 4.69) is 5.32 Å². The number of carbonyl (C=O) groups excluding carboxylic acids is 2. The maximum Gasteiger partial charge on any atom is 0.353 e. The van der Waals surface area contributed by atoms with Crippen molar-refractivity contribution in [3.05, 3.63) is 89.0 Å². The van der Waals surface area contributed by atoms with Crippen molar-refractivity contribution in [2.75, 3.05) is 5.75 Å². The second kappa shape index (κ2) is 9.07. The number of amides is 2. The molecule has 0 bridgehead atoms. The van der Waals surface area contributed by atoms with Gasteiger partial charge in [-0.1, -0.05) is 72.4 Å². The number of carboxylic acids is 1. The highest BCUT2D eigenvalue weighted by Gasteiger charge is 2.54. The number of thioether (sulfide) groups is 2. The van der Waals surface area contributed by atoms with Crippen LogP contribution in [0.2, 0.25) is 0 Å². The van der Waals surface area contributed by atoms with Crippen molar-refractivity contribution in [1.82, 2.24) is 10.2 Å². The van der Waals surface area contributed by atoms with E-state index in [1.165, 1.54) is 28.4 Å². The summed E-state index contributed by atoms with van der Waals surface area (Å²) >= 11 is 2.76. The van der Waals surface area contributed by atoms with Crippen LogP contribution in [-0.2, 0) is 20.8 Å². The Labute approximate surface area is 214 Å². The van der Waals surface area contributed by atoms with Crippen LogP contribution in [0.5, 0.6) is 0 Å². The Morgan fingerprint density at radius 1 is 1.03 bits per heavy atom. The molecule has 2 aliphatic rings. The predicted octanol–water partition coefficient (Wildman–Crippen LogP) is 4.62. The van der Waals surface area contributed by atoms with Gasteiger partial charge in [0.2, 0.25) is 5.91 Å². The molecule has 0 unspecified atom stereocenters. The molecule has 9 heteroatoms. The van der Waals surface area contributed by atoms with Crippen molar-refractivity contribution in [3.63, 3.8) is 0 Å². The van der Waals surface area contributed by atoms with E-state index in [1.807, 2.05) is 72.8 Å². The molecule has 1 fully saturated rings. The Balaban J connectivity index is 1.26. The molecule has 1 saturated heterocycles. The highest BCUT2D eigenvalue weighted by atomic mass is 32.2. The van der Waals surface area contributed by atoms with Crippen LogP contribution in [0.1, 0.15) is 5.56 Å². The molecule has 36 heavy (non-hydrogen) atoms. The molecule has 6 rings (SSSR count). The average molecular weight is 517 g/mol. The molecule has 2 N–H and O–H groups in total. The van der Waals surface area contributed by atoms with Crippen LogP contribution < -0.4 is 5.32 Å². The number of para-hydroxylation sites is 2. The van der Waals surface area contributed by atoms with Crippen molar-refractivity contribution in [2.45, 2.75) is 22.7 Å². The zero-order valence-corrected chi connectivity index (χ0v) is 20.5. The summed E-state index contributed by atoms with van der Waals surface area (Å²) < 4.78 is 6.09. The number of nitrogens with zero attached hydrogens (tertiary/aromatic N) is 1. The van der Waals surface area contributed by atoms with Crippen molar-refractivity contribution in [2.24, 2.45) is 0 Å². The third kappa shape index (κ3) is 3.84. The van der Waals surface area contributed by atoms with Gasteiger partial charge in [0.25, 0.3) is 5.91 Å². The third-order valence-corrected chi connectivity index (χ3v) is 8.85. The number of rotatable bonds is 6. The number of hydrogen-bond acceptors (Lipinski definition) is 6. The normalized spacial score (nSPS) is 19.3. The lowest BCUT2D eigenvalue weighted by Gasteiger charge is -2.49. The minimum Gasteiger partial charge on any atom is -0.477 e. The lowest BCUT2D eigenvalue weighted by atomic mass is 10.0. The molecule has 3 aromatic carbocycles. The number of aliphatic carboxylic acids is 1. The van der Waals surface area contributed by atoms with Gasteiger partial charge in [0.1, 0.15) is 28.3 Å². The van der Waals surface area contributed by atoms with E-state index < -0.39 is 23.3 Å². The van der Waals surface area contributed by atoms with Gasteiger partial charge in [-0.2, -0.15) is 0 Å². The molecule has 3 heterocycles. The fourth-order valence-electron chi connectivity index (χ4n) is 4.61. The number of nitrogens with one attached hydrogen (secondary N) is 1. The van der Waals surface area contributed by atoms with Gasteiger partial charge in [-0.25, -0.2) is 4.79 Å². The third-order valence-electron chi connectivity index (χ3n) is 6.26. The van der Waals surface area contributed by atoms with Gasteiger partial charge in [0, 0.05) is 21.4 Å². The Morgan fingerprint density at radius 3 is 2.58 bits per heavy atom. The van der Waals surface area contributed by atoms with Crippen LogP contribution in [0.25, 0.3) is 21.9 Å².